The summed E-state index contributed by atoms with van der Waals surface area (Å²) in [5.41, 5.74) is 1.67. The van der Waals surface area contributed by atoms with Crippen molar-refractivity contribution in [2.45, 2.75) is 44.6 Å². The first-order valence-corrected chi connectivity index (χ1v) is 13.2. The maximum Gasteiger partial charge on any atom is 0.303 e. The molecule has 0 bridgehead atoms. The van der Waals surface area contributed by atoms with Gasteiger partial charge in [0.05, 0.1) is 31.3 Å². The molecule has 1 atom stereocenters. The molecule has 38 heavy (non-hydrogen) atoms. The zero-order valence-corrected chi connectivity index (χ0v) is 21.9. The molecule has 2 fully saturated rings. The van der Waals surface area contributed by atoms with Crippen molar-refractivity contribution >= 4 is 41.0 Å². The highest BCUT2D eigenvalue weighted by molar-refractivity contribution is 6.31. The maximum absolute atomic E-state index is 13.7. The van der Waals surface area contributed by atoms with Gasteiger partial charge in [0.1, 0.15) is 11.8 Å². The van der Waals surface area contributed by atoms with Gasteiger partial charge in [0, 0.05) is 30.1 Å². The third-order valence-corrected chi connectivity index (χ3v) is 8.23. The number of benzene rings is 2. The molecule has 2 aromatic rings. The number of ether oxygens (including phenoxy) is 1. The fraction of sp³-hybridized carbons (Fsp3) is 0.429. The summed E-state index contributed by atoms with van der Waals surface area (Å²) < 4.78 is 5.47. The van der Waals surface area contributed by atoms with Crippen LogP contribution in [0.5, 0.6) is 5.75 Å². The molecule has 2 aromatic carbocycles. The Labute approximate surface area is 225 Å². The van der Waals surface area contributed by atoms with Crippen LogP contribution in [-0.2, 0) is 14.4 Å². The van der Waals surface area contributed by atoms with E-state index >= 15 is 0 Å². The lowest BCUT2D eigenvalue weighted by molar-refractivity contribution is -0.142. The third kappa shape index (κ3) is 4.95. The molecule has 2 heterocycles. The number of nitrogens with zero attached hydrogens (tertiary/aromatic N) is 2. The van der Waals surface area contributed by atoms with Crippen LogP contribution in [0.25, 0.3) is 11.1 Å². The van der Waals surface area contributed by atoms with Crippen LogP contribution in [0.4, 0.5) is 5.69 Å². The minimum atomic E-state index is -0.897. The van der Waals surface area contributed by atoms with Crippen molar-refractivity contribution < 1.29 is 29.0 Å². The van der Waals surface area contributed by atoms with Gasteiger partial charge in [-0.05, 0) is 54.2 Å². The normalized spacial score (nSPS) is 20.3. The number of carboxylic acid groups (broad SMARTS) is 1. The van der Waals surface area contributed by atoms with Crippen LogP contribution in [0.1, 0.15) is 48.9 Å². The van der Waals surface area contributed by atoms with Gasteiger partial charge in [0.25, 0.3) is 5.91 Å². The first-order chi connectivity index (χ1) is 18.2. The highest BCUT2D eigenvalue weighted by Gasteiger charge is 2.43. The van der Waals surface area contributed by atoms with Gasteiger partial charge in [-0.25, -0.2) is 0 Å². The van der Waals surface area contributed by atoms with E-state index in [2.05, 4.69) is 5.32 Å². The average molecular weight is 540 g/mol. The topological polar surface area (TPSA) is 116 Å². The maximum atomic E-state index is 13.7. The van der Waals surface area contributed by atoms with Crippen molar-refractivity contribution in [3.05, 3.63) is 47.0 Å². The van der Waals surface area contributed by atoms with Crippen LogP contribution < -0.4 is 10.1 Å². The van der Waals surface area contributed by atoms with Crippen molar-refractivity contribution in [3.63, 3.8) is 0 Å². The van der Waals surface area contributed by atoms with E-state index in [0.717, 1.165) is 24.0 Å². The lowest BCUT2D eigenvalue weighted by atomic mass is 9.79. The number of methoxy groups -OCH3 is 1. The monoisotopic (exact) mass is 539 g/mol. The summed E-state index contributed by atoms with van der Waals surface area (Å²) in [6, 6.07) is 9.61. The van der Waals surface area contributed by atoms with Crippen LogP contribution in [0.2, 0.25) is 5.02 Å². The number of fused-ring (bicyclic) bond motifs is 2. The van der Waals surface area contributed by atoms with Gasteiger partial charge < -0.3 is 25.0 Å². The number of nitrogens with one attached hydrogen (secondary N) is 1. The molecular formula is C28H30ClN3O6. The minimum Gasteiger partial charge on any atom is -0.496 e. The number of carbonyl (C=O) groups is 4. The largest absolute Gasteiger partial charge is 0.496 e. The van der Waals surface area contributed by atoms with Gasteiger partial charge in [-0.3, -0.25) is 19.2 Å². The standard InChI is InChI=1S/C28H30ClN3O6/c1-38-23-7-5-18(29)13-19(23)17-4-6-21-20(12-17)27(37)32-11-10-31(16-22(32)26(36)30-21)24(33)14-28(15-25(34)35)8-2-3-9-28/h4-7,12-13,22H,2-3,8-11,14-16H2,1H3,(H,30,36)(H,34,35). The van der Waals surface area contributed by atoms with Gasteiger partial charge in [0.15, 0.2) is 0 Å². The molecule has 1 saturated heterocycles. The second-order valence-electron chi connectivity index (χ2n) is 10.4. The zero-order chi connectivity index (χ0) is 27.0. The first kappa shape index (κ1) is 26.0. The van der Waals surface area contributed by atoms with Crippen molar-refractivity contribution in [3.8, 4) is 16.9 Å². The Balaban J connectivity index is 1.37. The van der Waals surface area contributed by atoms with Crippen molar-refractivity contribution in [1.29, 1.82) is 0 Å². The van der Waals surface area contributed by atoms with E-state index in [1.807, 2.05) is 0 Å². The second kappa shape index (κ2) is 10.3. The number of halogens is 1. The summed E-state index contributed by atoms with van der Waals surface area (Å²) in [4.78, 5) is 54.7. The highest BCUT2D eigenvalue weighted by Crippen LogP contribution is 2.44. The quantitative estimate of drug-likeness (QED) is 0.572. The molecule has 0 spiro atoms. The number of hydrogen-bond donors (Lipinski definition) is 2. The van der Waals surface area contributed by atoms with E-state index in [9.17, 15) is 24.3 Å². The number of rotatable bonds is 6. The SMILES string of the molecule is COc1ccc(Cl)cc1-c1ccc2c(c1)C(=O)N1CCN(C(=O)CC3(CC(=O)O)CCCC3)CC1C(=O)N2. The van der Waals surface area contributed by atoms with Crippen molar-refractivity contribution in [2.75, 3.05) is 32.1 Å². The highest BCUT2D eigenvalue weighted by atomic mass is 35.5. The Kier molecular flexibility index (Phi) is 7.05. The minimum absolute atomic E-state index is 0.0316. The van der Waals surface area contributed by atoms with Gasteiger partial charge in [-0.1, -0.05) is 30.5 Å². The van der Waals surface area contributed by atoms with E-state index in [4.69, 9.17) is 16.3 Å². The Morgan fingerprint density at radius 1 is 1.08 bits per heavy atom. The molecule has 3 amide bonds. The van der Waals surface area contributed by atoms with E-state index in [1.165, 1.54) is 4.90 Å². The summed E-state index contributed by atoms with van der Waals surface area (Å²) in [5, 5.41) is 12.8. The molecule has 3 aliphatic rings. The number of carboxylic acids is 1. The Hall–Kier alpha value is -3.59. The second-order valence-corrected chi connectivity index (χ2v) is 10.8. The predicted octanol–water partition coefficient (Wildman–Crippen LogP) is 4.05. The molecule has 1 saturated carbocycles. The zero-order valence-electron chi connectivity index (χ0n) is 21.2. The predicted molar refractivity (Wildman–Crippen MR) is 141 cm³/mol. The molecule has 0 aromatic heterocycles. The molecule has 0 radical (unpaired) electrons. The van der Waals surface area contributed by atoms with Gasteiger partial charge in [-0.2, -0.15) is 0 Å². The summed E-state index contributed by atoms with van der Waals surface area (Å²) in [7, 11) is 1.56. The van der Waals surface area contributed by atoms with Crippen molar-refractivity contribution in [2.24, 2.45) is 5.41 Å². The Bertz CT molecular complexity index is 1310. The molecule has 10 heteroatoms. The van der Waals surface area contributed by atoms with Crippen LogP contribution in [-0.4, -0.2) is 71.4 Å². The molecule has 1 aliphatic carbocycles. The van der Waals surface area contributed by atoms with E-state index < -0.39 is 17.4 Å². The summed E-state index contributed by atoms with van der Waals surface area (Å²) in [5.74, 6) is -1.11. The molecule has 5 rings (SSSR count). The number of anilines is 1. The van der Waals surface area contributed by atoms with Crippen LogP contribution in [0.15, 0.2) is 36.4 Å². The third-order valence-electron chi connectivity index (χ3n) is 7.99. The Morgan fingerprint density at radius 2 is 1.84 bits per heavy atom. The van der Waals surface area contributed by atoms with Crippen LogP contribution in [0, 0.1) is 5.41 Å². The number of amides is 3. The number of aliphatic carboxylic acids is 1. The summed E-state index contributed by atoms with van der Waals surface area (Å²) in [6.07, 6.45) is 3.36. The molecule has 2 N–H and O–H groups in total. The fourth-order valence-electron chi connectivity index (χ4n) is 6.05. The van der Waals surface area contributed by atoms with E-state index in [0.29, 0.717) is 34.9 Å². The molecule has 200 valence electrons. The first-order valence-electron chi connectivity index (χ1n) is 12.8. The van der Waals surface area contributed by atoms with E-state index in [-0.39, 0.29) is 50.2 Å². The molecule has 9 nitrogen and oxygen atoms in total. The number of hydrogen-bond acceptors (Lipinski definition) is 5. The molecular weight excluding hydrogens is 510 g/mol. The fourth-order valence-corrected chi connectivity index (χ4v) is 6.22. The number of carbonyl (C=O) groups excluding carboxylic acids is 3. The van der Waals surface area contributed by atoms with Crippen LogP contribution in [0.3, 0.4) is 0 Å². The molecule has 1 unspecified atom stereocenters. The van der Waals surface area contributed by atoms with E-state index in [1.54, 1.807) is 48.4 Å². The van der Waals surface area contributed by atoms with Gasteiger partial charge in [0.2, 0.25) is 11.8 Å². The van der Waals surface area contributed by atoms with Crippen LogP contribution >= 0.6 is 11.6 Å². The summed E-state index contributed by atoms with van der Waals surface area (Å²) in [6.45, 7) is 0.565. The lowest BCUT2D eigenvalue weighted by Crippen LogP contribution is -2.59. The summed E-state index contributed by atoms with van der Waals surface area (Å²) >= 11 is 6.21. The van der Waals surface area contributed by atoms with Crippen molar-refractivity contribution in [1.82, 2.24) is 9.80 Å². The van der Waals surface area contributed by atoms with Gasteiger partial charge in [-0.15, -0.1) is 0 Å². The smallest absolute Gasteiger partial charge is 0.303 e. The van der Waals surface area contributed by atoms with Gasteiger partial charge >= 0.3 is 5.97 Å². The number of piperazine rings is 1. The average Bonchev–Trinajstić information content (AvgIpc) is 3.31. The Morgan fingerprint density at radius 3 is 2.55 bits per heavy atom. The lowest BCUT2D eigenvalue weighted by Gasteiger charge is -2.40. The molecule has 2 aliphatic heterocycles.